The lowest BCUT2D eigenvalue weighted by molar-refractivity contribution is -0.118. The number of anilines is 1. The Morgan fingerprint density at radius 1 is 1.08 bits per heavy atom. The standard InChI is InChI=1S/C17H15Cl2N3O3/c1-21-13-5-4-11(8-14(13)22(2)17(21)24)20-16(23)9-25-15-6-3-10(18)7-12(15)19/h3-8H,9H2,1-2H3,(H,20,23). The van der Waals surface area contributed by atoms with Crippen LogP contribution in [0.2, 0.25) is 10.0 Å². The van der Waals surface area contributed by atoms with E-state index in [1.807, 2.05) is 0 Å². The van der Waals surface area contributed by atoms with Crippen LogP contribution in [-0.2, 0) is 18.9 Å². The van der Waals surface area contributed by atoms with Crippen molar-refractivity contribution >= 4 is 45.8 Å². The lowest BCUT2D eigenvalue weighted by Gasteiger charge is -2.09. The fraction of sp³-hybridized carbons (Fsp3) is 0.176. The number of imidazole rings is 1. The molecule has 0 aliphatic rings. The largest absolute Gasteiger partial charge is 0.482 e. The molecule has 0 saturated carbocycles. The number of hydrogen-bond donors (Lipinski definition) is 1. The van der Waals surface area contributed by atoms with E-state index in [0.29, 0.717) is 21.5 Å². The summed E-state index contributed by atoms with van der Waals surface area (Å²) < 4.78 is 8.47. The Labute approximate surface area is 153 Å². The third-order valence-electron chi connectivity index (χ3n) is 3.81. The molecule has 0 unspecified atom stereocenters. The molecule has 0 aliphatic carbocycles. The van der Waals surface area contributed by atoms with Crippen molar-refractivity contribution in [3.05, 3.63) is 56.9 Å². The van der Waals surface area contributed by atoms with Crippen LogP contribution in [0.4, 0.5) is 5.69 Å². The summed E-state index contributed by atoms with van der Waals surface area (Å²) in [6.07, 6.45) is 0. The highest BCUT2D eigenvalue weighted by Gasteiger charge is 2.11. The van der Waals surface area contributed by atoms with Gasteiger partial charge in [-0.3, -0.25) is 13.9 Å². The Kier molecular flexibility index (Phi) is 4.74. The summed E-state index contributed by atoms with van der Waals surface area (Å²) in [5.74, 6) is 0.0356. The van der Waals surface area contributed by atoms with Gasteiger partial charge in [-0.2, -0.15) is 0 Å². The Balaban J connectivity index is 1.71. The second kappa shape index (κ2) is 6.82. The van der Waals surface area contributed by atoms with Crippen LogP contribution in [-0.4, -0.2) is 21.6 Å². The van der Waals surface area contributed by atoms with Crippen LogP contribution in [0.5, 0.6) is 5.75 Å². The van der Waals surface area contributed by atoms with E-state index in [1.54, 1.807) is 55.1 Å². The van der Waals surface area contributed by atoms with Gasteiger partial charge in [-0.1, -0.05) is 23.2 Å². The normalized spacial score (nSPS) is 10.9. The van der Waals surface area contributed by atoms with Crippen LogP contribution in [0, 0.1) is 0 Å². The highest BCUT2D eigenvalue weighted by atomic mass is 35.5. The number of rotatable bonds is 4. The zero-order valence-corrected chi connectivity index (χ0v) is 15.1. The van der Waals surface area contributed by atoms with Gasteiger partial charge < -0.3 is 10.1 Å². The Bertz CT molecular complexity index is 1020. The van der Waals surface area contributed by atoms with Gasteiger partial charge in [-0.05, 0) is 36.4 Å². The van der Waals surface area contributed by atoms with Crippen LogP contribution in [0.25, 0.3) is 11.0 Å². The predicted molar refractivity (Wildman–Crippen MR) is 98.7 cm³/mol. The lowest BCUT2D eigenvalue weighted by Crippen LogP contribution is -2.20. The molecule has 1 N–H and O–H groups in total. The van der Waals surface area contributed by atoms with Gasteiger partial charge in [0.2, 0.25) is 0 Å². The van der Waals surface area contributed by atoms with Gasteiger partial charge in [0.25, 0.3) is 5.91 Å². The number of hydrogen-bond acceptors (Lipinski definition) is 3. The first-order chi connectivity index (χ1) is 11.9. The van der Waals surface area contributed by atoms with E-state index >= 15 is 0 Å². The minimum absolute atomic E-state index is 0.126. The van der Waals surface area contributed by atoms with Crippen molar-refractivity contribution in [3.8, 4) is 5.75 Å². The maximum atomic E-state index is 12.1. The molecule has 0 aliphatic heterocycles. The minimum Gasteiger partial charge on any atom is -0.482 e. The van der Waals surface area contributed by atoms with Crippen molar-refractivity contribution in [2.24, 2.45) is 14.1 Å². The molecule has 25 heavy (non-hydrogen) atoms. The molecule has 0 fully saturated rings. The molecule has 0 spiro atoms. The van der Waals surface area contributed by atoms with Crippen molar-refractivity contribution in [2.45, 2.75) is 0 Å². The predicted octanol–water partition coefficient (Wildman–Crippen LogP) is 3.20. The summed E-state index contributed by atoms with van der Waals surface area (Å²) in [5.41, 5.74) is 1.96. The number of benzene rings is 2. The van der Waals surface area contributed by atoms with Gasteiger partial charge in [0.1, 0.15) is 5.75 Å². The Hall–Kier alpha value is -2.44. The van der Waals surface area contributed by atoms with Gasteiger partial charge in [0, 0.05) is 24.8 Å². The number of carbonyl (C=O) groups excluding carboxylic acids is 1. The van der Waals surface area contributed by atoms with Gasteiger partial charge in [-0.25, -0.2) is 4.79 Å². The third kappa shape index (κ3) is 3.50. The zero-order chi connectivity index (χ0) is 18.1. The van der Waals surface area contributed by atoms with Crippen molar-refractivity contribution in [2.75, 3.05) is 11.9 Å². The zero-order valence-electron chi connectivity index (χ0n) is 13.5. The van der Waals surface area contributed by atoms with Crippen molar-refractivity contribution in [3.63, 3.8) is 0 Å². The maximum Gasteiger partial charge on any atom is 0.328 e. The summed E-state index contributed by atoms with van der Waals surface area (Å²) in [6.45, 7) is -0.201. The van der Waals surface area contributed by atoms with Crippen molar-refractivity contribution < 1.29 is 9.53 Å². The van der Waals surface area contributed by atoms with Crippen molar-refractivity contribution in [1.29, 1.82) is 0 Å². The first kappa shape index (κ1) is 17.4. The molecule has 0 radical (unpaired) electrons. The number of amides is 1. The SMILES string of the molecule is Cn1c(=O)n(C)c2cc(NC(=O)COc3ccc(Cl)cc3Cl)ccc21. The Morgan fingerprint density at radius 3 is 2.52 bits per heavy atom. The molecule has 3 aromatic rings. The number of nitrogens with one attached hydrogen (secondary N) is 1. The average Bonchev–Trinajstić information content (AvgIpc) is 2.78. The molecular formula is C17H15Cl2N3O3. The molecular weight excluding hydrogens is 365 g/mol. The minimum atomic E-state index is -0.341. The second-order valence-electron chi connectivity index (χ2n) is 5.52. The van der Waals surface area contributed by atoms with Crippen molar-refractivity contribution in [1.82, 2.24) is 9.13 Å². The summed E-state index contributed by atoms with van der Waals surface area (Å²) in [6, 6.07) is 10.0. The van der Waals surface area contributed by atoms with E-state index in [4.69, 9.17) is 27.9 Å². The molecule has 130 valence electrons. The fourth-order valence-electron chi connectivity index (χ4n) is 2.52. The molecule has 8 heteroatoms. The molecule has 2 aromatic carbocycles. The average molecular weight is 380 g/mol. The van der Waals surface area contributed by atoms with Crippen LogP contribution < -0.4 is 15.7 Å². The molecule has 0 bridgehead atoms. The number of aryl methyl sites for hydroxylation is 2. The molecule has 0 saturated heterocycles. The van der Waals surface area contributed by atoms with Gasteiger partial charge in [0.15, 0.2) is 6.61 Å². The first-order valence-corrected chi connectivity index (χ1v) is 8.15. The van der Waals surface area contributed by atoms with Crippen LogP contribution in [0.15, 0.2) is 41.2 Å². The summed E-state index contributed by atoms with van der Waals surface area (Å²) in [4.78, 5) is 24.0. The number of aromatic nitrogens is 2. The molecule has 1 amide bonds. The summed E-state index contributed by atoms with van der Waals surface area (Å²) >= 11 is 11.8. The number of ether oxygens (including phenoxy) is 1. The maximum absolute atomic E-state index is 12.1. The summed E-state index contributed by atoms with van der Waals surface area (Å²) in [7, 11) is 3.38. The monoisotopic (exact) mass is 379 g/mol. The van der Waals surface area contributed by atoms with E-state index in [2.05, 4.69) is 5.32 Å². The van der Waals surface area contributed by atoms with Gasteiger partial charge in [-0.15, -0.1) is 0 Å². The van der Waals surface area contributed by atoms with E-state index in [1.165, 1.54) is 4.57 Å². The Morgan fingerprint density at radius 2 is 1.80 bits per heavy atom. The van der Waals surface area contributed by atoms with E-state index < -0.39 is 0 Å². The smallest absolute Gasteiger partial charge is 0.328 e. The van der Waals surface area contributed by atoms with E-state index in [0.717, 1.165) is 11.0 Å². The molecule has 6 nitrogen and oxygen atoms in total. The molecule has 1 heterocycles. The number of fused-ring (bicyclic) bond motifs is 1. The fourth-order valence-corrected chi connectivity index (χ4v) is 2.98. The molecule has 3 rings (SSSR count). The third-order valence-corrected chi connectivity index (χ3v) is 4.34. The second-order valence-corrected chi connectivity index (χ2v) is 6.36. The van der Waals surface area contributed by atoms with Crippen LogP contribution >= 0.6 is 23.2 Å². The molecule has 0 atom stereocenters. The van der Waals surface area contributed by atoms with E-state index in [-0.39, 0.29) is 18.2 Å². The quantitative estimate of drug-likeness (QED) is 0.756. The van der Waals surface area contributed by atoms with Crippen LogP contribution in [0.1, 0.15) is 0 Å². The van der Waals surface area contributed by atoms with Gasteiger partial charge >= 0.3 is 5.69 Å². The summed E-state index contributed by atoms with van der Waals surface area (Å²) in [5, 5.41) is 3.56. The first-order valence-electron chi connectivity index (χ1n) is 7.40. The number of nitrogens with zero attached hydrogens (tertiary/aromatic N) is 2. The topological polar surface area (TPSA) is 65.3 Å². The lowest BCUT2D eigenvalue weighted by atomic mass is 10.2. The highest BCUT2D eigenvalue weighted by molar-refractivity contribution is 6.35. The number of halogens is 2. The van der Waals surface area contributed by atoms with Crippen LogP contribution in [0.3, 0.4) is 0 Å². The highest BCUT2D eigenvalue weighted by Crippen LogP contribution is 2.27. The van der Waals surface area contributed by atoms with E-state index in [9.17, 15) is 9.59 Å². The van der Waals surface area contributed by atoms with Gasteiger partial charge in [0.05, 0.1) is 16.1 Å². The molecule has 1 aromatic heterocycles. The number of carbonyl (C=O) groups is 1.